The van der Waals surface area contributed by atoms with Crippen molar-refractivity contribution < 1.29 is 19.1 Å². The predicted octanol–water partition coefficient (Wildman–Crippen LogP) is 2.89. The number of amides is 2. The van der Waals surface area contributed by atoms with Crippen molar-refractivity contribution in [3.63, 3.8) is 0 Å². The molecule has 4 rings (SSSR count). The summed E-state index contributed by atoms with van der Waals surface area (Å²) in [6.45, 7) is 2.89. The lowest BCUT2D eigenvalue weighted by Gasteiger charge is -2.18. The molecule has 7 nitrogen and oxygen atoms in total. The molecule has 0 fully saturated rings. The Balaban J connectivity index is 1.31. The maximum absolute atomic E-state index is 12.3. The van der Waals surface area contributed by atoms with E-state index >= 15 is 0 Å². The molecular weight excluding hydrogens is 390 g/mol. The Morgan fingerprint density at radius 2 is 1.79 bits per heavy atom. The summed E-state index contributed by atoms with van der Waals surface area (Å²) in [5, 5.41) is 3.02. The van der Waals surface area contributed by atoms with Gasteiger partial charge in [-0.3, -0.25) is 20.4 Å². The first-order valence-corrected chi connectivity index (χ1v) is 9.97. The minimum absolute atomic E-state index is 0.151. The predicted molar refractivity (Wildman–Crippen MR) is 109 cm³/mol. The molecular formula is C21H19N3O4S. The fourth-order valence-corrected chi connectivity index (χ4v) is 3.52. The number of nitrogens with one attached hydrogen (secondary N) is 2. The molecule has 29 heavy (non-hydrogen) atoms. The van der Waals surface area contributed by atoms with Gasteiger partial charge in [0.25, 0.3) is 5.91 Å². The molecule has 1 aromatic heterocycles. The Morgan fingerprint density at radius 3 is 2.52 bits per heavy atom. The van der Waals surface area contributed by atoms with Crippen LogP contribution in [0.25, 0.3) is 11.3 Å². The number of hydrogen-bond acceptors (Lipinski definition) is 6. The number of carbonyl (C=O) groups excluding carboxylic acids is 2. The second-order valence-electron chi connectivity index (χ2n) is 6.49. The van der Waals surface area contributed by atoms with Gasteiger partial charge in [0.05, 0.1) is 17.1 Å². The van der Waals surface area contributed by atoms with Crippen molar-refractivity contribution in [2.75, 3.05) is 13.2 Å². The van der Waals surface area contributed by atoms with Gasteiger partial charge in [-0.15, -0.1) is 11.3 Å². The van der Waals surface area contributed by atoms with Crippen molar-refractivity contribution in [1.29, 1.82) is 0 Å². The number of aromatic nitrogens is 1. The van der Waals surface area contributed by atoms with E-state index in [1.165, 1.54) is 0 Å². The van der Waals surface area contributed by atoms with Crippen molar-refractivity contribution >= 4 is 23.2 Å². The Labute approximate surface area is 171 Å². The van der Waals surface area contributed by atoms with Crippen molar-refractivity contribution in [2.45, 2.75) is 13.3 Å². The van der Waals surface area contributed by atoms with E-state index in [1.807, 2.05) is 36.6 Å². The van der Waals surface area contributed by atoms with Crippen molar-refractivity contribution in [3.05, 3.63) is 64.0 Å². The average Bonchev–Trinajstić information content (AvgIpc) is 3.18. The van der Waals surface area contributed by atoms with Gasteiger partial charge in [-0.2, -0.15) is 0 Å². The second-order valence-corrected chi connectivity index (χ2v) is 7.55. The molecule has 0 atom stereocenters. The molecule has 0 aliphatic carbocycles. The summed E-state index contributed by atoms with van der Waals surface area (Å²) >= 11 is 1.60. The molecule has 0 radical (unpaired) electrons. The van der Waals surface area contributed by atoms with Crippen LogP contribution >= 0.6 is 11.3 Å². The molecule has 0 spiro atoms. The molecule has 0 bridgehead atoms. The van der Waals surface area contributed by atoms with Gasteiger partial charge in [0.1, 0.15) is 13.2 Å². The minimum atomic E-state index is -0.426. The second kappa shape index (κ2) is 8.32. The maximum Gasteiger partial charge on any atom is 0.269 e. The van der Waals surface area contributed by atoms with Gasteiger partial charge in [0.2, 0.25) is 5.91 Å². The zero-order valence-electron chi connectivity index (χ0n) is 15.7. The summed E-state index contributed by atoms with van der Waals surface area (Å²) in [7, 11) is 0. The Bertz CT molecular complexity index is 1050. The van der Waals surface area contributed by atoms with Crippen LogP contribution in [0.4, 0.5) is 0 Å². The van der Waals surface area contributed by atoms with Crippen molar-refractivity contribution in [1.82, 2.24) is 15.8 Å². The first kappa shape index (κ1) is 18.9. The molecule has 3 aromatic rings. The largest absolute Gasteiger partial charge is 0.486 e. The first-order valence-electron chi connectivity index (χ1n) is 9.09. The molecule has 0 unspecified atom stereocenters. The third-order valence-electron chi connectivity index (χ3n) is 4.35. The molecule has 2 N–H and O–H groups in total. The van der Waals surface area contributed by atoms with Crippen LogP contribution in [0, 0.1) is 6.92 Å². The third-order valence-corrected chi connectivity index (χ3v) is 5.13. The van der Waals surface area contributed by atoms with Crippen LogP contribution in [-0.2, 0) is 11.2 Å². The number of hydrazine groups is 1. The Kier molecular flexibility index (Phi) is 5.44. The fraction of sp³-hybridized carbons (Fsp3) is 0.190. The molecule has 2 heterocycles. The van der Waals surface area contributed by atoms with Crippen molar-refractivity contribution in [3.8, 4) is 22.8 Å². The normalized spacial score (nSPS) is 12.3. The van der Waals surface area contributed by atoms with E-state index in [1.54, 1.807) is 29.5 Å². The lowest BCUT2D eigenvalue weighted by atomic mass is 10.1. The van der Waals surface area contributed by atoms with Crippen LogP contribution in [0.5, 0.6) is 11.5 Å². The Hall–Kier alpha value is -3.39. The zero-order chi connectivity index (χ0) is 20.2. The number of hydrogen-bond donors (Lipinski definition) is 2. The van der Waals surface area contributed by atoms with Crippen LogP contribution in [-0.4, -0.2) is 30.0 Å². The quantitative estimate of drug-likeness (QED) is 0.647. The smallest absolute Gasteiger partial charge is 0.269 e. The number of benzene rings is 2. The molecule has 2 aromatic carbocycles. The van der Waals surface area contributed by atoms with E-state index in [-0.39, 0.29) is 12.3 Å². The van der Waals surface area contributed by atoms with Gasteiger partial charge in [0.15, 0.2) is 11.5 Å². The standard InChI is InChI=1S/C21H19N3O4S/c1-13-22-17(12-29-13)15-4-2-14(3-5-15)10-20(25)23-24-21(26)16-6-7-18-19(11-16)28-9-8-27-18/h2-7,11-12H,8-10H2,1H3,(H,23,25)(H,24,26). The number of fused-ring (bicyclic) bond motifs is 1. The molecule has 1 aliphatic heterocycles. The van der Waals surface area contributed by atoms with Crippen LogP contribution in [0.15, 0.2) is 47.8 Å². The van der Waals surface area contributed by atoms with E-state index in [0.29, 0.717) is 30.3 Å². The molecule has 2 amide bonds. The average molecular weight is 409 g/mol. The molecule has 0 saturated heterocycles. The van der Waals surface area contributed by atoms with E-state index in [0.717, 1.165) is 21.8 Å². The molecule has 8 heteroatoms. The monoisotopic (exact) mass is 409 g/mol. The maximum atomic E-state index is 12.3. The molecule has 1 aliphatic rings. The summed E-state index contributed by atoms with van der Waals surface area (Å²) in [5.41, 5.74) is 8.00. The van der Waals surface area contributed by atoms with Gasteiger partial charge in [-0.25, -0.2) is 4.98 Å². The van der Waals surface area contributed by atoms with Crippen LogP contribution in [0.3, 0.4) is 0 Å². The summed E-state index contributed by atoms with van der Waals surface area (Å²) < 4.78 is 10.9. The van der Waals surface area contributed by atoms with Gasteiger partial charge >= 0.3 is 0 Å². The van der Waals surface area contributed by atoms with E-state index in [2.05, 4.69) is 15.8 Å². The number of ether oxygens (including phenoxy) is 2. The van der Waals surface area contributed by atoms with Crippen LogP contribution < -0.4 is 20.3 Å². The van der Waals surface area contributed by atoms with Gasteiger partial charge in [-0.1, -0.05) is 24.3 Å². The Morgan fingerprint density at radius 1 is 1.03 bits per heavy atom. The lowest BCUT2D eigenvalue weighted by molar-refractivity contribution is -0.121. The van der Waals surface area contributed by atoms with Crippen LogP contribution in [0.2, 0.25) is 0 Å². The van der Waals surface area contributed by atoms with E-state index in [9.17, 15) is 9.59 Å². The fourth-order valence-electron chi connectivity index (χ4n) is 2.90. The number of rotatable bonds is 4. The van der Waals surface area contributed by atoms with Gasteiger partial charge in [0, 0.05) is 16.5 Å². The lowest BCUT2D eigenvalue weighted by Crippen LogP contribution is -2.42. The third kappa shape index (κ3) is 4.55. The zero-order valence-corrected chi connectivity index (χ0v) is 16.5. The summed E-state index contributed by atoms with van der Waals surface area (Å²) in [6, 6.07) is 12.5. The van der Waals surface area contributed by atoms with Crippen LogP contribution in [0.1, 0.15) is 20.9 Å². The minimum Gasteiger partial charge on any atom is -0.486 e. The van der Waals surface area contributed by atoms with E-state index < -0.39 is 5.91 Å². The summed E-state index contributed by atoms with van der Waals surface area (Å²) in [6.07, 6.45) is 0.151. The van der Waals surface area contributed by atoms with Crippen molar-refractivity contribution in [2.24, 2.45) is 0 Å². The number of aryl methyl sites for hydroxylation is 1. The number of carbonyl (C=O) groups is 2. The highest BCUT2D eigenvalue weighted by molar-refractivity contribution is 7.09. The van der Waals surface area contributed by atoms with E-state index in [4.69, 9.17) is 9.47 Å². The molecule has 148 valence electrons. The summed E-state index contributed by atoms with van der Waals surface area (Å²) in [4.78, 5) is 28.9. The number of nitrogens with zero attached hydrogens (tertiary/aromatic N) is 1. The summed E-state index contributed by atoms with van der Waals surface area (Å²) in [5.74, 6) is 0.386. The molecule has 0 saturated carbocycles. The van der Waals surface area contributed by atoms with Gasteiger partial charge in [-0.05, 0) is 30.7 Å². The SMILES string of the molecule is Cc1nc(-c2ccc(CC(=O)NNC(=O)c3ccc4c(c3)OCCO4)cc2)cs1. The number of thiazole rings is 1. The highest BCUT2D eigenvalue weighted by Crippen LogP contribution is 2.30. The first-order chi connectivity index (χ1) is 14.1. The topological polar surface area (TPSA) is 89.6 Å². The highest BCUT2D eigenvalue weighted by atomic mass is 32.1. The highest BCUT2D eigenvalue weighted by Gasteiger charge is 2.15. The van der Waals surface area contributed by atoms with Gasteiger partial charge < -0.3 is 9.47 Å².